The van der Waals surface area contributed by atoms with Crippen molar-refractivity contribution in [3.05, 3.63) is 54.7 Å². The average molecular weight is 346 g/mol. The lowest BCUT2D eigenvalue weighted by molar-refractivity contribution is 0.177. The van der Waals surface area contributed by atoms with Crippen LogP contribution in [0.3, 0.4) is 0 Å². The predicted octanol–water partition coefficient (Wildman–Crippen LogP) is 4.76. The molecule has 0 atom stereocenters. The fourth-order valence-corrected chi connectivity index (χ4v) is 2.75. The van der Waals surface area contributed by atoms with Gasteiger partial charge in [-0.25, -0.2) is 4.98 Å². The minimum Gasteiger partial charge on any atom is -0.491 e. The van der Waals surface area contributed by atoms with E-state index in [0.717, 1.165) is 40.2 Å². The molecule has 132 valence electrons. The molecule has 0 amide bonds. The van der Waals surface area contributed by atoms with Gasteiger partial charge in [0.2, 0.25) is 0 Å². The quantitative estimate of drug-likeness (QED) is 0.523. The normalized spacial score (nSPS) is 12.0. The summed E-state index contributed by atoms with van der Waals surface area (Å²) in [7, 11) is 0. The molecular weight excluding hydrogens is 324 g/mol. The van der Waals surface area contributed by atoms with Crippen molar-refractivity contribution in [3.63, 3.8) is 0 Å². The highest BCUT2D eigenvalue weighted by atomic mass is 16.5. The van der Waals surface area contributed by atoms with E-state index in [2.05, 4.69) is 37.0 Å². The molecule has 3 aromatic heterocycles. The molecule has 4 aromatic rings. The first-order valence-corrected chi connectivity index (χ1v) is 8.90. The van der Waals surface area contributed by atoms with E-state index in [0.29, 0.717) is 6.61 Å². The second kappa shape index (κ2) is 6.41. The molecule has 0 aliphatic carbocycles. The van der Waals surface area contributed by atoms with Gasteiger partial charge >= 0.3 is 0 Å². The molecule has 0 bridgehead atoms. The Labute approximate surface area is 152 Å². The van der Waals surface area contributed by atoms with Crippen LogP contribution in [-0.4, -0.2) is 26.2 Å². The van der Waals surface area contributed by atoms with E-state index < -0.39 is 0 Å². The van der Waals surface area contributed by atoms with Gasteiger partial charge in [-0.3, -0.25) is 4.40 Å². The number of fused-ring (bicyclic) bond motifs is 2. The third-order valence-corrected chi connectivity index (χ3v) is 4.80. The Morgan fingerprint density at radius 3 is 2.73 bits per heavy atom. The van der Waals surface area contributed by atoms with Crippen LogP contribution < -0.4 is 4.74 Å². The van der Waals surface area contributed by atoms with Crippen LogP contribution in [0.15, 0.2) is 54.7 Å². The first-order valence-electron chi connectivity index (χ1n) is 8.90. The lowest BCUT2D eigenvalue weighted by Crippen LogP contribution is -2.20. The van der Waals surface area contributed by atoms with Crippen molar-refractivity contribution in [3.8, 4) is 17.3 Å². The van der Waals surface area contributed by atoms with Gasteiger partial charge in [0.25, 0.3) is 0 Å². The number of pyridine rings is 2. The largest absolute Gasteiger partial charge is 0.491 e. The summed E-state index contributed by atoms with van der Waals surface area (Å²) in [6.45, 7) is 7.25. The average Bonchev–Trinajstić information content (AvgIpc) is 3.10. The number of ether oxygens (including phenoxy) is 1. The molecule has 5 heteroatoms. The van der Waals surface area contributed by atoms with E-state index in [4.69, 9.17) is 9.72 Å². The number of para-hydroxylation sites is 1. The van der Waals surface area contributed by atoms with Crippen LogP contribution in [0.4, 0.5) is 0 Å². The molecule has 0 unspecified atom stereocenters. The Kier molecular flexibility index (Phi) is 4.07. The Morgan fingerprint density at radius 1 is 1.00 bits per heavy atom. The van der Waals surface area contributed by atoms with E-state index in [1.165, 1.54) is 0 Å². The second-order valence-corrected chi connectivity index (χ2v) is 7.28. The van der Waals surface area contributed by atoms with Crippen molar-refractivity contribution < 1.29 is 4.74 Å². The van der Waals surface area contributed by atoms with Crippen LogP contribution in [0.25, 0.3) is 28.1 Å². The maximum atomic E-state index is 6.13. The Balaban J connectivity index is 1.78. The number of benzene rings is 1. The van der Waals surface area contributed by atoms with E-state index >= 15 is 0 Å². The third-order valence-electron chi connectivity index (χ3n) is 4.80. The van der Waals surface area contributed by atoms with Crippen LogP contribution >= 0.6 is 0 Å². The highest BCUT2D eigenvalue weighted by molar-refractivity contribution is 5.86. The molecular formula is C21H22N4O. The van der Waals surface area contributed by atoms with Crippen LogP contribution in [0.5, 0.6) is 5.75 Å². The van der Waals surface area contributed by atoms with E-state index in [1.54, 1.807) is 0 Å². The van der Waals surface area contributed by atoms with Crippen LogP contribution in [0, 0.1) is 5.41 Å². The fourth-order valence-electron chi connectivity index (χ4n) is 2.75. The van der Waals surface area contributed by atoms with Crippen molar-refractivity contribution in [2.75, 3.05) is 6.61 Å². The smallest absolute Gasteiger partial charge is 0.187 e. The second-order valence-electron chi connectivity index (χ2n) is 7.28. The van der Waals surface area contributed by atoms with Crippen LogP contribution in [0.1, 0.15) is 27.2 Å². The predicted molar refractivity (Wildman–Crippen MR) is 103 cm³/mol. The van der Waals surface area contributed by atoms with Gasteiger partial charge < -0.3 is 4.74 Å². The van der Waals surface area contributed by atoms with Gasteiger partial charge in [0.1, 0.15) is 17.0 Å². The maximum Gasteiger partial charge on any atom is 0.187 e. The minimum atomic E-state index is 0.128. The molecule has 0 N–H and O–H groups in total. The summed E-state index contributed by atoms with van der Waals surface area (Å²) < 4.78 is 8.07. The van der Waals surface area contributed by atoms with Crippen molar-refractivity contribution in [2.45, 2.75) is 27.2 Å². The molecule has 0 radical (unpaired) electrons. The molecule has 26 heavy (non-hydrogen) atoms. The molecule has 1 aromatic carbocycles. The molecule has 3 heterocycles. The fraction of sp³-hybridized carbons (Fsp3) is 0.286. The number of hydrogen-bond donors (Lipinski definition) is 0. The molecule has 0 aliphatic rings. The standard InChI is InChI=1S/C21H22N4O/c1-4-21(2,3)14-26-17-9-7-8-15-11-12-16(22-19(15)17)20-24-23-18-10-5-6-13-25(18)20/h5-13H,4,14H2,1-3H3. The summed E-state index contributed by atoms with van der Waals surface area (Å²) in [5, 5.41) is 9.58. The van der Waals surface area contributed by atoms with Gasteiger partial charge in [-0.05, 0) is 36.1 Å². The summed E-state index contributed by atoms with van der Waals surface area (Å²) in [4.78, 5) is 4.85. The summed E-state index contributed by atoms with van der Waals surface area (Å²) in [6.07, 6.45) is 3.00. The van der Waals surface area contributed by atoms with Crippen molar-refractivity contribution in [1.82, 2.24) is 19.6 Å². The summed E-state index contributed by atoms with van der Waals surface area (Å²) in [5.74, 6) is 1.53. The number of hydrogen-bond acceptors (Lipinski definition) is 4. The first kappa shape index (κ1) is 16.5. The van der Waals surface area contributed by atoms with Gasteiger partial charge in [0.15, 0.2) is 11.5 Å². The van der Waals surface area contributed by atoms with Crippen molar-refractivity contribution in [2.24, 2.45) is 5.41 Å². The first-order chi connectivity index (χ1) is 12.6. The third kappa shape index (κ3) is 3.01. The van der Waals surface area contributed by atoms with Crippen molar-refractivity contribution >= 4 is 16.6 Å². The van der Waals surface area contributed by atoms with E-state index in [1.807, 2.05) is 53.1 Å². The molecule has 0 aliphatic heterocycles. The Hall–Kier alpha value is -2.95. The van der Waals surface area contributed by atoms with Gasteiger partial charge in [0, 0.05) is 11.6 Å². The molecule has 0 saturated heterocycles. The van der Waals surface area contributed by atoms with Gasteiger partial charge in [-0.1, -0.05) is 45.0 Å². The SMILES string of the molecule is CCC(C)(C)COc1cccc2ccc(-c3nnc4ccccn34)nc12. The summed E-state index contributed by atoms with van der Waals surface area (Å²) in [5.41, 5.74) is 2.56. The van der Waals surface area contributed by atoms with Gasteiger partial charge in [-0.15, -0.1) is 10.2 Å². The number of aromatic nitrogens is 4. The van der Waals surface area contributed by atoms with Crippen LogP contribution in [0.2, 0.25) is 0 Å². The molecule has 0 saturated carbocycles. The zero-order valence-electron chi connectivity index (χ0n) is 15.3. The Bertz CT molecular complexity index is 1070. The lowest BCUT2D eigenvalue weighted by atomic mass is 9.92. The highest BCUT2D eigenvalue weighted by Crippen LogP contribution is 2.29. The molecule has 0 fully saturated rings. The monoisotopic (exact) mass is 346 g/mol. The number of nitrogens with zero attached hydrogens (tertiary/aromatic N) is 4. The molecule has 5 nitrogen and oxygen atoms in total. The highest BCUT2D eigenvalue weighted by Gasteiger charge is 2.17. The molecule has 4 rings (SSSR count). The summed E-state index contributed by atoms with van der Waals surface area (Å²) >= 11 is 0. The van der Waals surface area contributed by atoms with Crippen molar-refractivity contribution in [1.29, 1.82) is 0 Å². The number of rotatable bonds is 5. The summed E-state index contributed by atoms with van der Waals surface area (Å²) in [6, 6.07) is 15.9. The van der Waals surface area contributed by atoms with Crippen LogP contribution in [-0.2, 0) is 0 Å². The topological polar surface area (TPSA) is 52.3 Å². The maximum absolute atomic E-state index is 6.13. The van der Waals surface area contributed by atoms with E-state index in [-0.39, 0.29) is 5.41 Å². The lowest BCUT2D eigenvalue weighted by Gasteiger charge is -2.23. The molecule has 0 spiro atoms. The van der Waals surface area contributed by atoms with Gasteiger partial charge in [0.05, 0.1) is 6.61 Å². The van der Waals surface area contributed by atoms with E-state index in [9.17, 15) is 0 Å². The zero-order chi connectivity index (χ0) is 18.1. The van der Waals surface area contributed by atoms with Gasteiger partial charge in [-0.2, -0.15) is 0 Å². The zero-order valence-corrected chi connectivity index (χ0v) is 15.3. The minimum absolute atomic E-state index is 0.128. The Morgan fingerprint density at radius 2 is 1.88 bits per heavy atom.